The fourth-order valence-corrected chi connectivity index (χ4v) is 1.28. The molecule has 0 aliphatic rings. The second-order valence-electron chi connectivity index (χ2n) is 3.33. The first kappa shape index (κ1) is 10.2. The van der Waals surface area contributed by atoms with Crippen molar-refractivity contribution in [1.29, 1.82) is 0 Å². The molecular weight excluding hydrogens is 164 g/mol. The normalized spacial score (nSPS) is 10.6. The topological polar surface area (TPSA) is 56.7 Å². The number of rotatable bonds is 6. The lowest BCUT2D eigenvalue weighted by atomic mass is 10.2. The summed E-state index contributed by atoms with van der Waals surface area (Å²) in [4.78, 5) is 0. The number of nitrogens with zero attached hydrogens (tertiary/aromatic N) is 3. The molecule has 0 radical (unpaired) electrons. The molecule has 0 spiro atoms. The average Bonchev–Trinajstić information content (AvgIpc) is 2.51. The Hall–Kier alpha value is -0.900. The van der Waals surface area contributed by atoms with E-state index in [1.54, 1.807) is 0 Å². The highest BCUT2D eigenvalue weighted by atomic mass is 15.4. The van der Waals surface area contributed by atoms with Crippen molar-refractivity contribution in [3.63, 3.8) is 0 Å². The lowest BCUT2D eigenvalue weighted by Gasteiger charge is -1.99. The predicted octanol–water partition coefficient (Wildman–Crippen LogP) is 1.11. The molecule has 0 saturated heterocycles. The molecule has 0 atom stereocenters. The fraction of sp³-hybridized carbons (Fsp3) is 0.778. The minimum absolute atomic E-state index is 0.808. The second-order valence-corrected chi connectivity index (χ2v) is 3.33. The summed E-state index contributed by atoms with van der Waals surface area (Å²) in [6.45, 7) is 3.74. The quantitative estimate of drug-likeness (QED) is 0.670. The van der Waals surface area contributed by atoms with Crippen LogP contribution in [0.3, 0.4) is 0 Å². The van der Waals surface area contributed by atoms with Gasteiger partial charge < -0.3 is 5.73 Å². The van der Waals surface area contributed by atoms with Crippen LogP contribution >= 0.6 is 0 Å². The van der Waals surface area contributed by atoms with Gasteiger partial charge in [-0.25, -0.2) is 0 Å². The molecule has 1 heterocycles. The zero-order valence-corrected chi connectivity index (χ0v) is 8.24. The molecule has 13 heavy (non-hydrogen) atoms. The van der Waals surface area contributed by atoms with Crippen LogP contribution in [0.1, 0.15) is 31.4 Å². The van der Waals surface area contributed by atoms with Crippen LogP contribution in [0.4, 0.5) is 0 Å². The van der Waals surface area contributed by atoms with Crippen molar-refractivity contribution in [1.82, 2.24) is 15.0 Å². The van der Waals surface area contributed by atoms with Crippen LogP contribution in [-0.2, 0) is 6.54 Å². The fourth-order valence-electron chi connectivity index (χ4n) is 1.28. The Kier molecular flexibility index (Phi) is 4.46. The van der Waals surface area contributed by atoms with Gasteiger partial charge in [-0.15, -0.1) is 5.10 Å². The molecule has 0 unspecified atom stereocenters. The lowest BCUT2D eigenvalue weighted by molar-refractivity contribution is 0.524. The van der Waals surface area contributed by atoms with E-state index < -0.39 is 0 Å². The van der Waals surface area contributed by atoms with E-state index in [1.165, 1.54) is 19.3 Å². The largest absolute Gasteiger partial charge is 0.330 e. The zero-order valence-electron chi connectivity index (χ0n) is 8.24. The van der Waals surface area contributed by atoms with Crippen molar-refractivity contribution in [2.45, 2.75) is 39.2 Å². The SMILES string of the molecule is Cc1cn(CCCCCCN)nn1. The Labute approximate surface area is 79.1 Å². The predicted molar refractivity (Wildman–Crippen MR) is 52.3 cm³/mol. The number of nitrogens with two attached hydrogens (primary N) is 1. The van der Waals surface area contributed by atoms with Gasteiger partial charge in [-0.3, -0.25) is 4.68 Å². The molecule has 1 aromatic heterocycles. The number of unbranched alkanes of at least 4 members (excludes halogenated alkanes) is 3. The molecule has 0 aliphatic carbocycles. The minimum Gasteiger partial charge on any atom is -0.330 e. The van der Waals surface area contributed by atoms with Crippen LogP contribution in [0.2, 0.25) is 0 Å². The Bertz CT molecular complexity index is 231. The first-order valence-corrected chi connectivity index (χ1v) is 4.89. The molecule has 0 fully saturated rings. The summed E-state index contributed by atoms with van der Waals surface area (Å²) in [6.07, 6.45) is 6.74. The summed E-state index contributed by atoms with van der Waals surface area (Å²) in [7, 11) is 0. The molecule has 0 bridgehead atoms. The smallest absolute Gasteiger partial charge is 0.0796 e. The molecule has 0 saturated carbocycles. The molecule has 2 N–H and O–H groups in total. The summed E-state index contributed by atoms with van der Waals surface area (Å²) in [5.74, 6) is 0. The van der Waals surface area contributed by atoms with E-state index in [2.05, 4.69) is 10.3 Å². The molecular formula is C9H18N4. The van der Waals surface area contributed by atoms with E-state index in [1.807, 2.05) is 17.8 Å². The van der Waals surface area contributed by atoms with Gasteiger partial charge in [-0.2, -0.15) is 0 Å². The Balaban J connectivity index is 2.06. The first-order valence-electron chi connectivity index (χ1n) is 4.89. The van der Waals surface area contributed by atoms with Crippen molar-refractivity contribution in [2.24, 2.45) is 5.73 Å². The van der Waals surface area contributed by atoms with E-state index in [0.29, 0.717) is 0 Å². The van der Waals surface area contributed by atoms with Crippen molar-refractivity contribution in [3.05, 3.63) is 11.9 Å². The van der Waals surface area contributed by atoms with Gasteiger partial charge in [0.05, 0.1) is 5.69 Å². The molecule has 1 rings (SSSR count). The number of aromatic nitrogens is 3. The van der Waals surface area contributed by atoms with Crippen LogP contribution in [0.5, 0.6) is 0 Å². The summed E-state index contributed by atoms with van der Waals surface area (Å²) >= 11 is 0. The summed E-state index contributed by atoms with van der Waals surface area (Å²) in [5, 5.41) is 7.90. The minimum atomic E-state index is 0.808. The monoisotopic (exact) mass is 182 g/mol. The number of aryl methyl sites for hydroxylation is 2. The van der Waals surface area contributed by atoms with Crippen LogP contribution < -0.4 is 5.73 Å². The lowest BCUT2D eigenvalue weighted by Crippen LogP contribution is -2.00. The highest BCUT2D eigenvalue weighted by Gasteiger charge is 1.94. The number of hydrogen-bond donors (Lipinski definition) is 1. The van der Waals surface area contributed by atoms with Crippen molar-refractivity contribution >= 4 is 0 Å². The van der Waals surface area contributed by atoms with E-state index in [4.69, 9.17) is 5.73 Å². The van der Waals surface area contributed by atoms with Crippen LogP contribution in [-0.4, -0.2) is 21.5 Å². The van der Waals surface area contributed by atoms with Gasteiger partial charge in [0.2, 0.25) is 0 Å². The highest BCUT2D eigenvalue weighted by molar-refractivity contribution is 4.86. The Morgan fingerprint density at radius 1 is 1.31 bits per heavy atom. The summed E-state index contributed by atoms with van der Waals surface area (Å²) < 4.78 is 1.90. The highest BCUT2D eigenvalue weighted by Crippen LogP contribution is 2.00. The summed E-state index contributed by atoms with van der Waals surface area (Å²) in [5.41, 5.74) is 6.39. The van der Waals surface area contributed by atoms with Gasteiger partial charge in [0.15, 0.2) is 0 Å². The maximum atomic E-state index is 5.40. The van der Waals surface area contributed by atoms with E-state index in [0.717, 1.165) is 25.2 Å². The Morgan fingerprint density at radius 3 is 2.69 bits per heavy atom. The van der Waals surface area contributed by atoms with Gasteiger partial charge >= 0.3 is 0 Å². The third kappa shape index (κ3) is 4.03. The van der Waals surface area contributed by atoms with Gasteiger partial charge in [0.25, 0.3) is 0 Å². The third-order valence-electron chi connectivity index (χ3n) is 1.99. The molecule has 0 amide bonds. The average molecular weight is 182 g/mol. The van der Waals surface area contributed by atoms with Gasteiger partial charge in [-0.05, 0) is 26.3 Å². The summed E-state index contributed by atoms with van der Waals surface area (Å²) in [6, 6.07) is 0. The molecule has 74 valence electrons. The molecule has 4 heteroatoms. The van der Waals surface area contributed by atoms with E-state index in [-0.39, 0.29) is 0 Å². The van der Waals surface area contributed by atoms with Crippen LogP contribution in [0.15, 0.2) is 6.20 Å². The van der Waals surface area contributed by atoms with Crippen molar-refractivity contribution < 1.29 is 0 Å². The maximum Gasteiger partial charge on any atom is 0.0796 e. The standard InChI is InChI=1S/C9H18N4/c1-9-8-13(12-11-9)7-5-3-2-4-6-10/h8H,2-7,10H2,1H3. The van der Waals surface area contributed by atoms with Gasteiger partial charge in [0.1, 0.15) is 0 Å². The third-order valence-corrected chi connectivity index (χ3v) is 1.99. The molecule has 1 aromatic rings. The van der Waals surface area contributed by atoms with Crippen molar-refractivity contribution in [2.75, 3.05) is 6.54 Å². The second kappa shape index (κ2) is 5.70. The van der Waals surface area contributed by atoms with E-state index >= 15 is 0 Å². The first-order chi connectivity index (χ1) is 6.33. The molecule has 4 nitrogen and oxygen atoms in total. The molecule has 0 aliphatic heterocycles. The number of hydrogen-bond acceptors (Lipinski definition) is 3. The molecule has 0 aromatic carbocycles. The Morgan fingerprint density at radius 2 is 2.08 bits per heavy atom. The zero-order chi connectivity index (χ0) is 9.52. The van der Waals surface area contributed by atoms with Gasteiger partial charge in [-0.1, -0.05) is 18.1 Å². The maximum absolute atomic E-state index is 5.40. The van der Waals surface area contributed by atoms with Gasteiger partial charge in [0, 0.05) is 12.7 Å². The van der Waals surface area contributed by atoms with E-state index in [9.17, 15) is 0 Å². The van der Waals surface area contributed by atoms with Crippen LogP contribution in [0.25, 0.3) is 0 Å². The van der Waals surface area contributed by atoms with Crippen molar-refractivity contribution in [3.8, 4) is 0 Å². The van der Waals surface area contributed by atoms with Crippen LogP contribution in [0, 0.1) is 6.92 Å².